The molecule has 2 aromatic heterocycles. The number of piperidine rings is 2. The van der Waals surface area contributed by atoms with Crippen molar-refractivity contribution in [1.29, 1.82) is 0 Å². The highest BCUT2D eigenvalue weighted by Crippen LogP contribution is 2.37. The molecule has 13 heteroatoms. The van der Waals surface area contributed by atoms with Gasteiger partial charge in [-0.05, 0) is 69.1 Å². The fraction of sp³-hybridized carbons (Fsp3) is 0.429. The Balaban J connectivity index is 1.40. The summed E-state index contributed by atoms with van der Waals surface area (Å²) in [6.45, 7) is 1.60. The van der Waals surface area contributed by atoms with Gasteiger partial charge in [0.2, 0.25) is 0 Å². The van der Waals surface area contributed by atoms with Crippen molar-refractivity contribution in [2.24, 2.45) is 5.92 Å². The largest absolute Gasteiger partial charge is 0.465 e. The van der Waals surface area contributed by atoms with E-state index in [1.165, 1.54) is 23.4 Å². The first-order valence-electron chi connectivity index (χ1n) is 13.4. The van der Waals surface area contributed by atoms with Gasteiger partial charge in [0.15, 0.2) is 5.69 Å². The standard InChI is InChI=1S/C28H32F3N7O3/c1-37-8-5-16(6-9-37)17-2-3-18-10-21(32)25(35-22(18)11-17)26(39)36-23-13-33-7-4-24(23)38-14-19(28(29,30)31)12-20(15-38)34-27(40)41/h2-4,7,10-11,13,16,19-20,34H,5-6,8-9,12,14-15,32H2,1H3,(H,36,39)(H,40,41). The number of halogens is 3. The Morgan fingerprint density at radius 1 is 1.12 bits per heavy atom. The van der Waals surface area contributed by atoms with Gasteiger partial charge in [0.05, 0.1) is 40.7 Å². The van der Waals surface area contributed by atoms with Gasteiger partial charge in [-0.25, -0.2) is 9.78 Å². The van der Waals surface area contributed by atoms with Crippen molar-refractivity contribution < 1.29 is 27.9 Å². The van der Waals surface area contributed by atoms with Gasteiger partial charge < -0.3 is 31.3 Å². The number of fused-ring (bicyclic) bond motifs is 1. The van der Waals surface area contributed by atoms with Crippen LogP contribution in [0.5, 0.6) is 0 Å². The Hall–Kier alpha value is -4.13. The van der Waals surface area contributed by atoms with Gasteiger partial charge >= 0.3 is 12.3 Å². The number of alkyl halides is 3. The Labute approximate surface area is 234 Å². The van der Waals surface area contributed by atoms with Crippen LogP contribution in [-0.4, -0.2) is 77.4 Å². The topological polar surface area (TPSA) is 137 Å². The molecule has 1 aromatic carbocycles. The number of pyridine rings is 2. The van der Waals surface area contributed by atoms with Gasteiger partial charge in [0, 0.05) is 24.7 Å². The molecular weight excluding hydrogens is 539 g/mol. The SMILES string of the molecule is CN1CCC(c2ccc3cc(N)c(C(=O)Nc4cnccc4N4CC(NC(=O)O)CC(C(F)(F)F)C4)nc3c2)CC1. The molecule has 2 amide bonds. The number of rotatable bonds is 5. The summed E-state index contributed by atoms with van der Waals surface area (Å²) < 4.78 is 41.1. The number of hydrogen-bond donors (Lipinski definition) is 4. The Kier molecular flexibility index (Phi) is 7.89. The van der Waals surface area contributed by atoms with Crippen molar-refractivity contribution in [3.05, 3.63) is 54.0 Å². The smallest absolute Gasteiger partial charge is 0.404 e. The number of carbonyl (C=O) groups is 2. The van der Waals surface area contributed by atoms with Gasteiger partial charge in [-0.15, -0.1) is 0 Å². The summed E-state index contributed by atoms with van der Waals surface area (Å²) in [5.74, 6) is -2.00. The van der Waals surface area contributed by atoms with Crippen LogP contribution in [0.4, 0.5) is 35.0 Å². The molecule has 10 nitrogen and oxygen atoms in total. The summed E-state index contributed by atoms with van der Waals surface area (Å²) in [5, 5.41) is 14.8. The zero-order valence-corrected chi connectivity index (χ0v) is 22.5. The second-order valence-electron chi connectivity index (χ2n) is 10.8. The predicted molar refractivity (Wildman–Crippen MR) is 149 cm³/mol. The molecular formula is C28H32F3N7O3. The molecule has 0 saturated carbocycles. The molecule has 3 aromatic rings. The first-order valence-corrected chi connectivity index (χ1v) is 13.4. The first kappa shape index (κ1) is 28.4. The molecule has 2 aliphatic rings. The highest BCUT2D eigenvalue weighted by Gasteiger charge is 2.45. The quantitative estimate of drug-likeness (QED) is 0.356. The van der Waals surface area contributed by atoms with Crippen LogP contribution in [-0.2, 0) is 0 Å². The molecule has 2 saturated heterocycles. The van der Waals surface area contributed by atoms with Crippen molar-refractivity contribution in [2.45, 2.75) is 37.4 Å². The molecule has 218 valence electrons. The molecule has 0 aliphatic carbocycles. The number of carboxylic acid groups (broad SMARTS) is 1. The van der Waals surface area contributed by atoms with Crippen LogP contribution in [0.15, 0.2) is 42.7 Å². The minimum atomic E-state index is -4.52. The lowest BCUT2D eigenvalue weighted by Gasteiger charge is -2.40. The van der Waals surface area contributed by atoms with Gasteiger partial charge in [-0.1, -0.05) is 12.1 Å². The number of nitrogen functional groups attached to an aromatic ring is 1. The van der Waals surface area contributed by atoms with E-state index in [1.807, 2.05) is 12.1 Å². The monoisotopic (exact) mass is 571 g/mol. The average Bonchev–Trinajstić information content (AvgIpc) is 2.92. The molecule has 2 aliphatic heterocycles. The van der Waals surface area contributed by atoms with E-state index in [-0.39, 0.29) is 35.7 Å². The number of aromatic nitrogens is 2. The maximum atomic E-state index is 13.7. The number of anilines is 3. The maximum Gasteiger partial charge on any atom is 0.404 e. The molecule has 0 radical (unpaired) electrons. The number of nitrogens with zero attached hydrogens (tertiary/aromatic N) is 4. The van der Waals surface area contributed by atoms with Crippen LogP contribution in [0.25, 0.3) is 10.9 Å². The summed E-state index contributed by atoms with van der Waals surface area (Å²) in [6.07, 6.45) is -1.52. The summed E-state index contributed by atoms with van der Waals surface area (Å²) in [7, 11) is 2.10. The zero-order chi connectivity index (χ0) is 29.3. The number of nitrogens with one attached hydrogen (secondary N) is 2. The Morgan fingerprint density at radius 2 is 1.88 bits per heavy atom. The van der Waals surface area contributed by atoms with Crippen molar-refractivity contribution >= 4 is 40.0 Å². The van der Waals surface area contributed by atoms with E-state index in [1.54, 1.807) is 6.07 Å². The van der Waals surface area contributed by atoms with E-state index in [0.717, 1.165) is 36.9 Å². The van der Waals surface area contributed by atoms with E-state index in [0.29, 0.717) is 11.4 Å². The van der Waals surface area contributed by atoms with E-state index in [4.69, 9.17) is 10.8 Å². The second kappa shape index (κ2) is 11.4. The lowest BCUT2D eigenvalue weighted by molar-refractivity contribution is -0.177. The van der Waals surface area contributed by atoms with Crippen LogP contribution >= 0.6 is 0 Å². The van der Waals surface area contributed by atoms with Crippen molar-refractivity contribution in [3.8, 4) is 0 Å². The Morgan fingerprint density at radius 3 is 2.59 bits per heavy atom. The van der Waals surface area contributed by atoms with E-state index in [2.05, 4.69) is 38.6 Å². The number of hydrogen-bond acceptors (Lipinski definition) is 7. The zero-order valence-electron chi connectivity index (χ0n) is 22.5. The molecule has 2 atom stereocenters. The number of carbonyl (C=O) groups excluding carboxylic acids is 1. The maximum absolute atomic E-state index is 13.7. The van der Waals surface area contributed by atoms with E-state index in [9.17, 15) is 22.8 Å². The van der Waals surface area contributed by atoms with E-state index < -0.39 is 36.7 Å². The van der Waals surface area contributed by atoms with Gasteiger partial charge in [-0.3, -0.25) is 9.78 Å². The minimum absolute atomic E-state index is 0.00920. The highest BCUT2D eigenvalue weighted by molar-refractivity contribution is 6.09. The van der Waals surface area contributed by atoms with Gasteiger partial charge in [0.25, 0.3) is 5.91 Å². The summed E-state index contributed by atoms with van der Waals surface area (Å²) in [4.78, 5) is 36.9. The first-order chi connectivity index (χ1) is 19.5. The van der Waals surface area contributed by atoms with Crippen molar-refractivity contribution in [2.75, 3.05) is 49.2 Å². The van der Waals surface area contributed by atoms with Crippen LogP contribution in [0.1, 0.15) is 41.2 Å². The lowest BCUT2D eigenvalue weighted by Crippen LogP contribution is -2.53. The lowest BCUT2D eigenvalue weighted by atomic mass is 9.89. The third kappa shape index (κ3) is 6.45. The second-order valence-corrected chi connectivity index (χ2v) is 10.8. The van der Waals surface area contributed by atoms with Crippen LogP contribution < -0.4 is 21.3 Å². The summed E-state index contributed by atoms with van der Waals surface area (Å²) in [6, 6.07) is 8.21. The Bertz CT molecular complexity index is 1440. The van der Waals surface area contributed by atoms with Gasteiger partial charge in [-0.2, -0.15) is 13.2 Å². The number of amides is 2. The third-order valence-electron chi connectivity index (χ3n) is 7.90. The van der Waals surface area contributed by atoms with Crippen LogP contribution in [0.3, 0.4) is 0 Å². The molecule has 0 bridgehead atoms. The van der Waals surface area contributed by atoms with Crippen LogP contribution in [0.2, 0.25) is 0 Å². The highest BCUT2D eigenvalue weighted by atomic mass is 19.4. The molecule has 41 heavy (non-hydrogen) atoms. The summed E-state index contributed by atoms with van der Waals surface area (Å²) >= 11 is 0. The molecule has 5 N–H and O–H groups in total. The summed E-state index contributed by atoms with van der Waals surface area (Å²) in [5.41, 5.74) is 8.57. The van der Waals surface area contributed by atoms with Crippen LogP contribution in [0, 0.1) is 5.92 Å². The molecule has 4 heterocycles. The molecule has 0 spiro atoms. The van der Waals surface area contributed by atoms with Crippen molar-refractivity contribution in [3.63, 3.8) is 0 Å². The van der Waals surface area contributed by atoms with Gasteiger partial charge in [0.1, 0.15) is 0 Å². The fourth-order valence-electron chi connectivity index (χ4n) is 5.73. The third-order valence-corrected chi connectivity index (χ3v) is 7.90. The average molecular weight is 572 g/mol. The molecule has 5 rings (SSSR count). The predicted octanol–water partition coefficient (Wildman–Crippen LogP) is 4.30. The minimum Gasteiger partial charge on any atom is -0.465 e. The number of benzene rings is 1. The fourth-order valence-corrected chi connectivity index (χ4v) is 5.73. The molecule has 2 unspecified atom stereocenters. The van der Waals surface area contributed by atoms with Crippen molar-refractivity contribution in [1.82, 2.24) is 20.2 Å². The van der Waals surface area contributed by atoms with E-state index >= 15 is 0 Å². The number of likely N-dealkylation sites (tertiary alicyclic amines) is 1. The normalized spacial score (nSPS) is 20.6. The molecule has 2 fully saturated rings. The number of nitrogens with two attached hydrogens (primary N) is 1.